The molecule has 0 radical (unpaired) electrons. The number of rotatable bonds is 10. The largest absolute Gasteiger partial charge is 1.00 e. The Morgan fingerprint density at radius 2 is 1.88 bits per heavy atom. The number of fused-ring (bicyclic) bond motifs is 1. The van der Waals surface area contributed by atoms with Gasteiger partial charge < -0.3 is 19.4 Å². The van der Waals surface area contributed by atoms with Gasteiger partial charge in [0.15, 0.2) is 0 Å². The second-order valence-corrected chi connectivity index (χ2v) is 12.8. The summed E-state index contributed by atoms with van der Waals surface area (Å²) in [4.78, 5) is 18.2. The molecule has 1 aliphatic carbocycles. The minimum Gasteiger partial charge on any atom is -0.550 e. The molecule has 3 atom stereocenters. The van der Waals surface area contributed by atoms with Crippen LogP contribution in [0.1, 0.15) is 88.2 Å². The summed E-state index contributed by atoms with van der Waals surface area (Å²) >= 11 is 0. The van der Waals surface area contributed by atoms with Crippen molar-refractivity contribution in [1.82, 2.24) is 9.88 Å². The van der Waals surface area contributed by atoms with Gasteiger partial charge in [0.25, 0.3) is 0 Å². The van der Waals surface area contributed by atoms with Gasteiger partial charge in [-0.25, -0.2) is 9.37 Å². The number of aromatic nitrogens is 1. The third-order valence-electron chi connectivity index (χ3n) is 8.98. The predicted molar refractivity (Wildman–Crippen MR) is 160 cm³/mol. The molecule has 2 aliphatic rings. The minimum absolute atomic E-state index is 0. The van der Waals surface area contributed by atoms with Gasteiger partial charge in [-0.1, -0.05) is 44.2 Å². The van der Waals surface area contributed by atoms with E-state index in [1.165, 1.54) is 13.3 Å². The molecule has 0 saturated heterocycles. The standard InChI is InChI=1S/C35H43FN2O4.Na/c1-7-38(35(3,4)5)20-26-16-24(12-14-27(26)28-18-32(41-6)37-19-29(28)36)30-15-13-22-8-11-25(17-31(22)42-30)33(23-9-10-23)21(2)34(39)40;/h8,11-12,14,16-19,21,23,30,33H,7,9-10,13,15,20H2,1-6H3,(H,39,40);/q;+1/p-1/t21-,30?,33-;/m0./s1. The molecule has 43 heavy (non-hydrogen) atoms. The maximum atomic E-state index is 15.1. The van der Waals surface area contributed by atoms with Crippen LogP contribution in [0.4, 0.5) is 4.39 Å². The summed E-state index contributed by atoms with van der Waals surface area (Å²) in [5, 5.41) is 11.8. The Bertz CT molecular complexity index is 1450. The molecule has 1 fully saturated rings. The van der Waals surface area contributed by atoms with Gasteiger partial charge in [0.1, 0.15) is 17.7 Å². The number of nitrogens with zero attached hydrogens (tertiary/aromatic N) is 2. The van der Waals surface area contributed by atoms with E-state index in [4.69, 9.17) is 9.47 Å². The summed E-state index contributed by atoms with van der Waals surface area (Å²) in [5.41, 5.74) is 5.39. The van der Waals surface area contributed by atoms with Crippen LogP contribution in [0.2, 0.25) is 0 Å². The first-order valence-corrected chi connectivity index (χ1v) is 15.1. The fraction of sp³-hybridized carbons (Fsp3) is 0.486. The van der Waals surface area contributed by atoms with Crippen LogP contribution >= 0.6 is 0 Å². The molecule has 2 aromatic carbocycles. The Hall–Kier alpha value is -2.45. The Balaban J connectivity index is 0.00000423. The van der Waals surface area contributed by atoms with E-state index in [9.17, 15) is 9.90 Å². The van der Waals surface area contributed by atoms with Crippen molar-refractivity contribution in [3.63, 3.8) is 0 Å². The Morgan fingerprint density at radius 3 is 2.51 bits per heavy atom. The summed E-state index contributed by atoms with van der Waals surface area (Å²) < 4.78 is 27.1. The Labute approximate surface area is 277 Å². The van der Waals surface area contributed by atoms with Crippen molar-refractivity contribution in [2.24, 2.45) is 11.8 Å². The molecular weight excluding hydrogens is 554 g/mol. The monoisotopic (exact) mass is 596 g/mol. The van der Waals surface area contributed by atoms with Crippen molar-refractivity contribution in [2.45, 2.75) is 84.4 Å². The molecule has 1 unspecified atom stereocenters. The average molecular weight is 597 g/mol. The molecule has 8 heteroatoms. The number of aryl methyl sites for hydroxylation is 1. The van der Waals surface area contributed by atoms with Crippen molar-refractivity contribution >= 4 is 5.97 Å². The van der Waals surface area contributed by atoms with Crippen molar-refractivity contribution in [3.05, 3.63) is 76.7 Å². The summed E-state index contributed by atoms with van der Waals surface area (Å²) in [5.74, 6) is -0.459. The van der Waals surface area contributed by atoms with Gasteiger partial charge in [0, 0.05) is 35.6 Å². The molecule has 0 spiro atoms. The van der Waals surface area contributed by atoms with Crippen molar-refractivity contribution in [2.75, 3.05) is 13.7 Å². The van der Waals surface area contributed by atoms with E-state index in [2.05, 4.69) is 61.8 Å². The molecular formula is C35H42FN2NaO4. The number of hydrogen-bond donors (Lipinski definition) is 0. The maximum absolute atomic E-state index is 15.1. The zero-order valence-electron chi connectivity index (χ0n) is 26.6. The molecule has 6 nitrogen and oxygen atoms in total. The van der Waals surface area contributed by atoms with Gasteiger partial charge in [-0.05, 0) is 98.7 Å². The predicted octanol–water partition coefficient (Wildman–Crippen LogP) is 3.47. The van der Waals surface area contributed by atoms with Gasteiger partial charge >= 0.3 is 29.6 Å². The van der Waals surface area contributed by atoms with Crippen molar-refractivity contribution < 1.29 is 53.3 Å². The Kier molecular flexibility index (Phi) is 10.6. The van der Waals surface area contributed by atoms with Crippen LogP contribution in [-0.4, -0.2) is 35.0 Å². The third kappa shape index (κ3) is 7.44. The van der Waals surface area contributed by atoms with E-state index in [0.29, 0.717) is 23.9 Å². The number of methoxy groups -OCH3 is 1. The second kappa shape index (κ2) is 13.7. The zero-order chi connectivity index (χ0) is 30.2. The smallest absolute Gasteiger partial charge is 0.550 e. The van der Waals surface area contributed by atoms with Crippen LogP contribution < -0.4 is 44.1 Å². The van der Waals surface area contributed by atoms with Crippen LogP contribution in [0.3, 0.4) is 0 Å². The molecule has 224 valence electrons. The number of pyridine rings is 1. The number of carbonyl (C=O) groups is 1. The molecule has 0 bridgehead atoms. The number of carbonyl (C=O) groups excluding carboxylic acids is 1. The van der Waals surface area contributed by atoms with Gasteiger partial charge in [-0.3, -0.25) is 4.90 Å². The summed E-state index contributed by atoms with van der Waals surface area (Å²) in [7, 11) is 1.53. The van der Waals surface area contributed by atoms with Crippen molar-refractivity contribution in [1.29, 1.82) is 0 Å². The summed E-state index contributed by atoms with van der Waals surface area (Å²) in [6, 6.07) is 14.0. The fourth-order valence-electron chi connectivity index (χ4n) is 6.37. The molecule has 0 amide bonds. The number of halogens is 1. The number of carboxylic acid groups (broad SMARTS) is 1. The molecule has 1 aliphatic heterocycles. The van der Waals surface area contributed by atoms with Crippen LogP contribution in [0, 0.1) is 17.7 Å². The van der Waals surface area contributed by atoms with Crippen LogP contribution in [0.15, 0.2) is 48.7 Å². The molecule has 1 saturated carbocycles. The van der Waals surface area contributed by atoms with Gasteiger partial charge in [0.05, 0.1) is 13.3 Å². The van der Waals surface area contributed by atoms with E-state index >= 15 is 4.39 Å². The summed E-state index contributed by atoms with van der Waals surface area (Å²) in [6.07, 6.45) is 4.82. The first kappa shape index (κ1) is 33.4. The Morgan fingerprint density at radius 1 is 1.14 bits per heavy atom. The maximum Gasteiger partial charge on any atom is 1.00 e. The molecule has 2 heterocycles. The fourth-order valence-corrected chi connectivity index (χ4v) is 6.37. The minimum atomic E-state index is -1.00. The van der Waals surface area contributed by atoms with Gasteiger partial charge in [-0.2, -0.15) is 0 Å². The molecule has 1 aromatic heterocycles. The number of carboxylic acids is 1. The van der Waals surface area contributed by atoms with Crippen molar-refractivity contribution in [3.8, 4) is 22.8 Å². The quantitative estimate of drug-likeness (QED) is 0.334. The SMILES string of the molecule is CCN(Cc1cc(C2CCc3ccc([C@H](C4CC4)[C@H](C)C(=O)[O-])cc3O2)ccc1-c1cc(OC)ncc1F)C(C)(C)C.[Na+]. The van der Waals surface area contributed by atoms with E-state index in [1.807, 2.05) is 12.1 Å². The van der Waals surface area contributed by atoms with E-state index in [1.54, 1.807) is 13.0 Å². The molecule has 0 N–H and O–H groups in total. The van der Waals surface area contributed by atoms with E-state index in [-0.39, 0.29) is 47.1 Å². The normalized spacial score (nSPS) is 17.8. The first-order valence-electron chi connectivity index (χ1n) is 15.1. The topological polar surface area (TPSA) is 74.7 Å². The van der Waals surface area contributed by atoms with E-state index < -0.39 is 17.7 Å². The van der Waals surface area contributed by atoms with Gasteiger partial charge in [0.2, 0.25) is 5.88 Å². The third-order valence-corrected chi connectivity index (χ3v) is 8.98. The number of aliphatic carboxylic acids is 1. The average Bonchev–Trinajstić information content (AvgIpc) is 3.80. The number of benzene rings is 2. The zero-order valence-corrected chi connectivity index (χ0v) is 28.6. The number of hydrogen-bond acceptors (Lipinski definition) is 6. The van der Waals surface area contributed by atoms with E-state index in [0.717, 1.165) is 65.8 Å². The second-order valence-electron chi connectivity index (χ2n) is 12.8. The van der Waals surface area contributed by atoms with Crippen LogP contribution in [0.25, 0.3) is 11.1 Å². The first-order chi connectivity index (χ1) is 20.0. The van der Waals surface area contributed by atoms with Crippen LogP contribution in [-0.2, 0) is 17.8 Å². The van der Waals surface area contributed by atoms with Crippen LogP contribution in [0.5, 0.6) is 11.6 Å². The summed E-state index contributed by atoms with van der Waals surface area (Å²) in [6.45, 7) is 11.9. The molecule has 3 aromatic rings. The molecule has 5 rings (SSSR count). The number of ether oxygens (including phenoxy) is 2. The van der Waals surface area contributed by atoms with Gasteiger partial charge in [-0.15, -0.1) is 0 Å².